The maximum Gasteiger partial charge on any atom is 0.233 e. The Kier molecular flexibility index (Phi) is 7.22. The maximum atomic E-state index is 12.1. The van der Waals surface area contributed by atoms with Crippen molar-refractivity contribution in [1.29, 1.82) is 0 Å². The molecule has 1 N–H and O–H groups in total. The molecule has 1 fully saturated rings. The third kappa shape index (κ3) is 5.99. The largest absolute Gasteiger partial charge is 0.355 e. The number of piperazine rings is 1. The monoisotopic (exact) mass is 321 g/mol. The summed E-state index contributed by atoms with van der Waals surface area (Å²) in [4.78, 5) is 18.1. The topological polar surface area (TPSA) is 35.6 Å². The van der Waals surface area contributed by atoms with Gasteiger partial charge in [0.2, 0.25) is 5.91 Å². The van der Waals surface area contributed by atoms with Crippen LogP contribution in [0.4, 0.5) is 0 Å². The molecule has 1 atom stereocenters. The lowest BCUT2D eigenvalue weighted by Gasteiger charge is -2.32. The smallest absolute Gasteiger partial charge is 0.233 e. The number of carbonyl (C=O) groups excluding carboxylic acids is 1. The highest BCUT2D eigenvalue weighted by molar-refractivity contribution is 8.00. The van der Waals surface area contributed by atoms with E-state index in [0.29, 0.717) is 0 Å². The Morgan fingerprint density at radius 1 is 1.23 bits per heavy atom. The third-order valence-corrected chi connectivity index (χ3v) is 5.08. The number of rotatable bonds is 7. The molecule has 1 aromatic carbocycles. The van der Waals surface area contributed by atoms with Gasteiger partial charge in [0.15, 0.2) is 0 Å². The molecule has 5 heteroatoms. The van der Waals surface area contributed by atoms with Crippen LogP contribution in [0.5, 0.6) is 0 Å². The summed E-state index contributed by atoms with van der Waals surface area (Å²) in [5, 5.41) is 3.00. The standard InChI is InChI=1S/C17H27N3OS/c1-15(22-16-7-4-3-5-8-16)17(21)18-9-6-10-20-13-11-19(2)12-14-20/h3-5,7-8,15H,6,9-14H2,1-2H3,(H,18,21)/t15-/m1/s1. The van der Waals surface area contributed by atoms with Crippen LogP contribution in [0.1, 0.15) is 13.3 Å². The van der Waals surface area contributed by atoms with Gasteiger partial charge in [-0.2, -0.15) is 0 Å². The van der Waals surface area contributed by atoms with E-state index in [-0.39, 0.29) is 11.2 Å². The molecule has 0 bridgehead atoms. The Bertz CT molecular complexity index is 446. The van der Waals surface area contributed by atoms with Crippen LogP contribution >= 0.6 is 11.8 Å². The van der Waals surface area contributed by atoms with Crippen molar-refractivity contribution >= 4 is 17.7 Å². The Morgan fingerprint density at radius 2 is 1.91 bits per heavy atom. The summed E-state index contributed by atoms with van der Waals surface area (Å²) in [5.41, 5.74) is 0. The zero-order chi connectivity index (χ0) is 15.8. The van der Waals surface area contributed by atoms with Gasteiger partial charge in [0.05, 0.1) is 5.25 Å². The number of hydrogen-bond acceptors (Lipinski definition) is 4. The van der Waals surface area contributed by atoms with Crippen LogP contribution in [-0.4, -0.2) is 67.3 Å². The van der Waals surface area contributed by atoms with E-state index in [1.165, 1.54) is 0 Å². The number of carbonyl (C=O) groups is 1. The average Bonchev–Trinajstić information content (AvgIpc) is 2.54. The van der Waals surface area contributed by atoms with E-state index in [1.807, 2.05) is 37.3 Å². The molecule has 1 aromatic rings. The summed E-state index contributed by atoms with van der Waals surface area (Å²) < 4.78 is 0. The van der Waals surface area contributed by atoms with E-state index in [9.17, 15) is 4.79 Å². The van der Waals surface area contributed by atoms with Crippen molar-refractivity contribution in [3.05, 3.63) is 30.3 Å². The predicted molar refractivity (Wildman–Crippen MR) is 93.3 cm³/mol. The molecular weight excluding hydrogens is 294 g/mol. The Labute approximate surface area is 138 Å². The van der Waals surface area contributed by atoms with E-state index in [4.69, 9.17) is 0 Å². The number of benzene rings is 1. The molecule has 1 aliphatic rings. The first-order chi connectivity index (χ1) is 10.6. The van der Waals surface area contributed by atoms with Crippen molar-refractivity contribution in [3.8, 4) is 0 Å². The maximum absolute atomic E-state index is 12.1. The number of hydrogen-bond donors (Lipinski definition) is 1. The molecule has 122 valence electrons. The highest BCUT2D eigenvalue weighted by Crippen LogP contribution is 2.22. The number of likely N-dealkylation sites (N-methyl/N-ethyl adjacent to an activating group) is 1. The van der Waals surface area contributed by atoms with Gasteiger partial charge in [-0.15, -0.1) is 11.8 Å². The summed E-state index contributed by atoms with van der Waals surface area (Å²) in [6.45, 7) is 8.40. The van der Waals surface area contributed by atoms with Gasteiger partial charge in [-0.3, -0.25) is 4.79 Å². The van der Waals surface area contributed by atoms with Gasteiger partial charge in [-0.05, 0) is 39.1 Å². The number of nitrogens with one attached hydrogen (secondary N) is 1. The summed E-state index contributed by atoms with van der Waals surface area (Å²) >= 11 is 1.61. The molecule has 0 unspecified atom stereocenters. The molecule has 1 amide bonds. The molecule has 0 radical (unpaired) electrons. The van der Waals surface area contributed by atoms with Gasteiger partial charge in [0, 0.05) is 37.6 Å². The minimum Gasteiger partial charge on any atom is -0.355 e. The van der Waals surface area contributed by atoms with Crippen LogP contribution < -0.4 is 5.32 Å². The quantitative estimate of drug-likeness (QED) is 0.615. The third-order valence-electron chi connectivity index (χ3n) is 3.97. The first-order valence-electron chi connectivity index (χ1n) is 8.05. The molecule has 0 saturated carbocycles. The zero-order valence-corrected chi connectivity index (χ0v) is 14.4. The highest BCUT2D eigenvalue weighted by Gasteiger charge is 2.15. The van der Waals surface area contributed by atoms with Gasteiger partial charge in [0.1, 0.15) is 0 Å². The molecule has 0 aliphatic carbocycles. The minimum atomic E-state index is -0.0500. The van der Waals surface area contributed by atoms with Crippen molar-refractivity contribution in [3.63, 3.8) is 0 Å². The van der Waals surface area contributed by atoms with Gasteiger partial charge >= 0.3 is 0 Å². The van der Waals surface area contributed by atoms with Crippen molar-refractivity contribution in [2.24, 2.45) is 0 Å². The van der Waals surface area contributed by atoms with Gasteiger partial charge < -0.3 is 15.1 Å². The van der Waals surface area contributed by atoms with Crippen LogP contribution in [0.15, 0.2) is 35.2 Å². The van der Waals surface area contributed by atoms with Crippen molar-refractivity contribution < 1.29 is 4.79 Å². The van der Waals surface area contributed by atoms with E-state index in [0.717, 1.165) is 50.6 Å². The number of nitrogens with zero attached hydrogens (tertiary/aromatic N) is 2. The lowest BCUT2D eigenvalue weighted by molar-refractivity contribution is -0.120. The predicted octanol–water partition coefficient (Wildman–Crippen LogP) is 1.92. The SMILES string of the molecule is C[C@@H](Sc1ccccc1)C(=O)NCCCN1CCN(C)CC1. The first kappa shape index (κ1) is 17.3. The lowest BCUT2D eigenvalue weighted by atomic mass is 10.3. The molecule has 4 nitrogen and oxygen atoms in total. The normalized spacial score (nSPS) is 18.1. The molecule has 0 aromatic heterocycles. The molecule has 2 rings (SSSR count). The Balaban J connectivity index is 1.59. The second kappa shape index (κ2) is 9.18. The fourth-order valence-corrected chi connectivity index (χ4v) is 3.40. The summed E-state index contributed by atoms with van der Waals surface area (Å²) in [6, 6.07) is 10.1. The fourth-order valence-electron chi connectivity index (χ4n) is 2.49. The lowest BCUT2D eigenvalue weighted by Crippen LogP contribution is -2.45. The number of thioether (sulfide) groups is 1. The van der Waals surface area contributed by atoms with Gasteiger partial charge in [-0.25, -0.2) is 0 Å². The second-order valence-electron chi connectivity index (χ2n) is 5.86. The Hall–Kier alpha value is -1.04. The van der Waals surface area contributed by atoms with Gasteiger partial charge in [-0.1, -0.05) is 18.2 Å². The van der Waals surface area contributed by atoms with Crippen LogP contribution in [0, 0.1) is 0 Å². The minimum absolute atomic E-state index is 0.0500. The Morgan fingerprint density at radius 3 is 2.59 bits per heavy atom. The molecular formula is C17H27N3OS. The van der Waals surface area contributed by atoms with E-state index >= 15 is 0 Å². The molecule has 0 spiro atoms. The van der Waals surface area contributed by atoms with Crippen LogP contribution in [0.25, 0.3) is 0 Å². The summed E-state index contributed by atoms with van der Waals surface area (Å²) in [5.74, 6) is 0.132. The van der Waals surface area contributed by atoms with E-state index in [1.54, 1.807) is 11.8 Å². The van der Waals surface area contributed by atoms with Crippen molar-refractivity contribution in [2.75, 3.05) is 46.3 Å². The number of amides is 1. The molecule has 1 saturated heterocycles. The second-order valence-corrected chi connectivity index (χ2v) is 7.28. The molecule has 1 heterocycles. The highest BCUT2D eigenvalue weighted by atomic mass is 32.2. The van der Waals surface area contributed by atoms with Crippen LogP contribution in [-0.2, 0) is 4.79 Å². The zero-order valence-electron chi connectivity index (χ0n) is 13.6. The van der Waals surface area contributed by atoms with E-state index in [2.05, 4.69) is 22.2 Å². The van der Waals surface area contributed by atoms with E-state index < -0.39 is 0 Å². The van der Waals surface area contributed by atoms with Crippen LogP contribution in [0.2, 0.25) is 0 Å². The average molecular weight is 321 g/mol. The van der Waals surface area contributed by atoms with Gasteiger partial charge in [0.25, 0.3) is 0 Å². The first-order valence-corrected chi connectivity index (χ1v) is 8.93. The fraction of sp³-hybridized carbons (Fsp3) is 0.588. The summed E-state index contributed by atoms with van der Waals surface area (Å²) in [7, 11) is 2.17. The molecule has 22 heavy (non-hydrogen) atoms. The van der Waals surface area contributed by atoms with Crippen LogP contribution in [0.3, 0.4) is 0 Å². The molecule has 1 aliphatic heterocycles. The van der Waals surface area contributed by atoms with Crippen molar-refractivity contribution in [1.82, 2.24) is 15.1 Å². The summed E-state index contributed by atoms with van der Waals surface area (Å²) in [6.07, 6.45) is 1.03. The van der Waals surface area contributed by atoms with Crippen molar-refractivity contribution in [2.45, 2.75) is 23.5 Å².